The number of aliphatic hydroxyl groups is 1. The van der Waals surface area contributed by atoms with Crippen molar-refractivity contribution in [1.29, 1.82) is 0 Å². The lowest BCUT2D eigenvalue weighted by Gasteiger charge is -2.21. The highest BCUT2D eigenvalue weighted by Crippen LogP contribution is 2.23. The van der Waals surface area contributed by atoms with Crippen LogP contribution >= 0.6 is 0 Å². The van der Waals surface area contributed by atoms with Gasteiger partial charge < -0.3 is 15.3 Å². The molecule has 1 rings (SSSR count). The Hall–Kier alpha value is -1.62. The van der Waals surface area contributed by atoms with Crippen molar-refractivity contribution in [3.05, 3.63) is 29.6 Å². The van der Waals surface area contributed by atoms with Gasteiger partial charge in [0.05, 0.1) is 18.8 Å². The molecule has 1 aromatic carbocycles. The van der Waals surface area contributed by atoms with Crippen LogP contribution in [0.3, 0.4) is 0 Å². The number of amides is 1. The zero-order chi connectivity index (χ0) is 12.8. The van der Waals surface area contributed by atoms with Gasteiger partial charge in [-0.1, -0.05) is 12.1 Å². The summed E-state index contributed by atoms with van der Waals surface area (Å²) >= 11 is 0. The normalized spacial score (nSPS) is 10.1. The third-order valence-corrected chi connectivity index (χ3v) is 2.38. The molecule has 0 heterocycles. The summed E-state index contributed by atoms with van der Waals surface area (Å²) in [6.07, 6.45) is 0. The second-order valence-electron chi connectivity index (χ2n) is 3.72. The van der Waals surface area contributed by atoms with Crippen LogP contribution in [-0.4, -0.2) is 31.2 Å². The highest BCUT2D eigenvalue weighted by molar-refractivity contribution is 5.81. The molecule has 0 unspecified atom stereocenters. The standard InChI is InChI=1S/C12H17FN2O2/c1-3-14-11(17)7-15(2)12-9(8-16)5-4-6-10(12)13/h4-6,16H,3,7-8H2,1-2H3,(H,14,17). The van der Waals surface area contributed by atoms with Crippen LogP contribution in [0.2, 0.25) is 0 Å². The highest BCUT2D eigenvalue weighted by atomic mass is 19.1. The van der Waals surface area contributed by atoms with Crippen LogP contribution in [-0.2, 0) is 11.4 Å². The molecule has 94 valence electrons. The van der Waals surface area contributed by atoms with Gasteiger partial charge in [-0.05, 0) is 13.0 Å². The summed E-state index contributed by atoms with van der Waals surface area (Å²) in [5.41, 5.74) is 0.734. The van der Waals surface area contributed by atoms with Gasteiger partial charge >= 0.3 is 0 Å². The van der Waals surface area contributed by atoms with Crippen molar-refractivity contribution in [2.24, 2.45) is 0 Å². The van der Waals surface area contributed by atoms with Gasteiger partial charge in [0, 0.05) is 19.2 Å². The first-order chi connectivity index (χ1) is 8.10. The quantitative estimate of drug-likeness (QED) is 0.803. The molecule has 0 aromatic heterocycles. The number of hydrogen-bond acceptors (Lipinski definition) is 3. The molecule has 1 amide bonds. The molecule has 0 saturated carbocycles. The van der Waals surface area contributed by atoms with Gasteiger partial charge in [0.1, 0.15) is 5.82 Å². The maximum Gasteiger partial charge on any atom is 0.239 e. The maximum atomic E-state index is 13.6. The number of carbonyl (C=O) groups is 1. The molecule has 0 aliphatic heterocycles. The highest BCUT2D eigenvalue weighted by Gasteiger charge is 2.14. The Bertz CT molecular complexity index is 396. The predicted octanol–water partition coefficient (Wildman–Crippen LogP) is 0.890. The summed E-state index contributed by atoms with van der Waals surface area (Å²) in [6, 6.07) is 4.47. The smallest absolute Gasteiger partial charge is 0.239 e. The second kappa shape index (κ2) is 6.20. The average molecular weight is 240 g/mol. The molecule has 0 bridgehead atoms. The number of benzene rings is 1. The van der Waals surface area contributed by atoms with Crippen LogP contribution in [0.25, 0.3) is 0 Å². The van der Waals surface area contributed by atoms with Gasteiger partial charge in [-0.15, -0.1) is 0 Å². The predicted molar refractivity (Wildman–Crippen MR) is 64.3 cm³/mol. The lowest BCUT2D eigenvalue weighted by molar-refractivity contribution is -0.119. The molecular weight excluding hydrogens is 223 g/mol. The van der Waals surface area contributed by atoms with E-state index in [1.807, 2.05) is 6.92 Å². The van der Waals surface area contributed by atoms with Crippen molar-refractivity contribution in [3.63, 3.8) is 0 Å². The molecule has 0 fully saturated rings. The number of carbonyl (C=O) groups excluding carboxylic acids is 1. The number of para-hydroxylation sites is 1. The third-order valence-electron chi connectivity index (χ3n) is 2.38. The van der Waals surface area contributed by atoms with E-state index in [-0.39, 0.29) is 24.7 Å². The first kappa shape index (κ1) is 13.4. The van der Waals surface area contributed by atoms with Gasteiger partial charge in [-0.3, -0.25) is 4.79 Å². The molecule has 0 aliphatic rings. The lowest BCUT2D eigenvalue weighted by Crippen LogP contribution is -2.35. The molecular formula is C12H17FN2O2. The Labute approximate surface area is 100 Å². The second-order valence-corrected chi connectivity index (χ2v) is 3.72. The maximum absolute atomic E-state index is 13.6. The monoisotopic (exact) mass is 240 g/mol. The van der Waals surface area contributed by atoms with Crippen LogP contribution in [0.1, 0.15) is 12.5 Å². The Kier molecular flexibility index (Phi) is 4.90. The topological polar surface area (TPSA) is 52.6 Å². The molecule has 0 aliphatic carbocycles. The first-order valence-electron chi connectivity index (χ1n) is 5.46. The minimum absolute atomic E-state index is 0.0573. The summed E-state index contributed by atoms with van der Waals surface area (Å²) in [4.78, 5) is 12.9. The molecule has 2 N–H and O–H groups in total. The van der Waals surface area contributed by atoms with E-state index < -0.39 is 5.82 Å². The van der Waals surface area contributed by atoms with E-state index in [1.54, 1.807) is 13.1 Å². The summed E-state index contributed by atoms with van der Waals surface area (Å²) < 4.78 is 13.6. The molecule has 17 heavy (non-hydrogen) atoms. The Balaban J connectivity index is 2.87. The number of hydrogen-bond donors (Lipinski definition) is 2. The Morgan fingerprint density at radius 1 is 1.53 bits per heavy atom. The van der Waals surface area contributed by atoms with Crippen LogP contribution < -0.4 is 10.2 Å². The van der Waals surface area contributed by atoms with Crippen molar-refractivity contribution in [3.8, 4) is 0 Å². The fourth-order valence-corrected chi connectivity index (χ4v) is 1.66. The number of rotatable bonds is 5. The number of nitrogens with one attached hydrogen (secondary N) is 1. The minimum Gasteiger partial charge on any atom is -0.392 e. The van der Waals surface area contributed by atoms with E-state index in [0.717, 1.165) is 0 Å². The van der Waals surface area contributed by atoms with Crippen molar-refractivity contribution in [2.45, 2.75) is 13.5 Å². The number of anilines is 1. The van der Waals surface area contributed by atoms with Gasteiger partial charge in [0.2, 0.25) is 5.91 Å². The summed E-state index contributed by atoms with van der Waals surface area (Å²) in [5.74, 6) is -0.620. The lowest BCUT2D eigenvalue weighted by atomic mass is 10.1. The molecule has 0 saturated heterocycles. The zero-order valence-electron chi connectivity index (χ0n) is 10.0. The van der Waals surface area contributed by atoms with Crippen LogP contribution in [0.15, 0.2) is 18.2 Å². The minimum atomic E-state index is -0.441. The number of nitrogens with zero attached hydrogens (tertiary/aromatic N) is 1. The zero-order valence-corrected chi connectivity index (χ0v) is 10.0. The van der Waals surface area contributed by atoms with Gasteiger partial charge in [-0.2, -0.15) is 0 Å². The van der Waals surface area contributed by atoms with Crippen molar-refractivity contribution < 1.29 is 14.3 Å². The Morgan fingerprint density at radius 2 is 2.24 bits per heavy atom. The van der Waals surface area contributed by atoms with E-state index in [2.05, 4.69) is 5.32 Å². The molecule has 4 nitrogen and oxygen atoms in total. The number of likely N-dealkylation sites (N-methyl/N-ethyl adjacent to an activating group) is 2. The van der Waals surface area contributed by atoms with Gasteiger partial charge in [0.15, 0.2) is 0 Å². The van der Waals surface area contributed by atoms with E-state index in [4.69, 9.17) is 5.11 Å². The average Bonchev–Trinajstić information content (AvgIpc) is 2.28. The molecule has 0 atom stereocenters. The fourth-order valence-electron chi connectivity index (χ4n) is 1.66. The van der Waals surface area contributed by atoms with E-state index in [9.17, 15) is 9.18 Å². The fraction of sp³-hybridized carbons (Fsp3) is 0.417. The van der Waals surface area contributed by atoms with Gasteiger partial charge in [-0.25, -0.2) is 4.39 Å². The van der Waals surface area contributed by atoms with Crippen molar-refractivity contribution in [1.82, 2.24) is 5.32 Å². The van der Waals surface area contributed by atoms with E-state index in [0.29, 0.717) is 12.1 Å². The SMILES string of the molecule is CCNC(=O)CN(C)c1c(F)cccc1CO. The van der Waals surface area contributed by atoms with Gasteiger partial charge in [0.25, 0.3) is 0 Å². The molecule has 5 heteroatoms. The summed E-state index contributed by atoms with van der Waals surface area (Å²) in [5, 5.41) is 11.8. The molecule has 0 spiro atoms. The molecule has 0 radical (unpaired) electrons. The van der Waals surface area contributed by atoms with Crippen LogP contribution in [0, 0.1) is 5.82 Å². The summed E-state index contributed by atoms with van der Waals surface area (Å²) in [7, 11) is 1.62. The largest absolute Gasteiger partial charge is 0.392 e. The van der Waals surface area contributed by atoms with Crippen molar-refractivity contribution >= 4 is 11.6 Å². The number of aliphatic hydroxyl groups excluding tert-OH is 1. The Morgan fingerprint density at radius 3 is 2.82 bits per heavy atom. The van der Waals surface area contributed by atoms with E-state index in [1.165, 1.54) is 17.0 Å². The van der Waals surface area contributed by atoms with Crippen LogP contribution in [0.5, 0.6) is 0 Å². The molecule has 1 aromatic rings. The van der Waals surface area contributed by atoms with Crippen molar-refractivity contribution in [2.75, 3.05) is 25.0 Å². The van der Waals surface area contributed by atoms with Crippen LogP contribution in [0.4, 0.5) is 10.1 Å². The third kappa shape index (κ3) is 3.42. The first-order valence-corrected chi connectivity index (χ1v) is 5.46. The summed E-state index contributed by atoms with van der Waals surface area (Å²) in [6.45, 7) is 2.16. The van der Waals surface area contributed by atoms with E-state index >= 15 is 0 Å². The number of halogens is 1.